The maximum absolute atomic E-state index is 13.3. The SMILES string of the molecule is COC(=O)[C@@H]1Cc2cccc(c2)OCCCCCNC(=O)N[C@@H](C2CCCCC2)C(=O)N1.COC(=O)[C@H](Cc1cccc(OCCCCCN)c1)NC(=O)[C@@H](N)C1CCCCC1.Cl.Cl. The van der Waals surface area contributed by atoms with Crippen LogP contribution in [0.15, 0.2) is 48.5 Å². The van der Waals surface area contributed by atoms with Gasteiger partial charge in [-0.05, 0) is 118 Å². The number of hydrogen-bond donors (Lipinski definition) is 6. The Morgan fingerprint density at radius 1 is 0.828 bits per heavy atom. The lowest BCUT2D eigenvalue weighted by Crippen LogP contribution is -2.57. The van der Waals surface area contributed by atoms with E-state index in [2.05, 4.69) is 21.3 Å². The molecule has 2 saturated carbocycles. The van der Waals surface area contributed by atoms with Gasteiger partial charge in [0, 0.05) is 19.4 Å². The van der Waals surface area contributed by atoms with Crippen molar-refractivity contribution in [3.8, 4) is 11.5 Å². The van der Waals surface area contributed by atoms with Crippen molar-refractivity contribution in [3.05, 3.63) is 59.7 Å². The number of nitrogens with one attached hydrogen (secondary N) is 4. The summed E-state index contributed by atoms with van der Waals surface area (Å²) in [7, 11) is 2.63. The number of unbranched alkanes of at least 4 members (excludes halogenated alkanes) is 2. The zero-order valence-electron chi connectivity index (χ0n) is 37.8. The van der Waals surface area contributed by atoms with Crippen molar-refractivity contribution in [2.24, 2.45) is 23.3 Å². The molecule has 5 rings (SSSR count). The van der Waals surface area contributed by atoms with Crippen LogP contribution in [0.3, 0.4) is 0 Å². The minimum atomic E-state index is -0.852. The number of rotatable bonds is 14. The Hall–Kier alpha value is -4.31. The summed E-state index contributed by atoms with van der Waals surface area (Å²) in [6.07, 6.45) is 16.5. The van der Waals surface area contributed by atoms with E-state index in [-0.39, 0.29) is 60.9 Å². The molecule has 0 spiro atoms. The number of methoxy groups -OCH3 is 2. The van der Waals surface area contributed by atoms with E-state index in [4.69, 9.17) is 30.4 Å². The molecule has 1 aliphatic heterocycles. The minimum Gasteiger partial charge on any atom is -0.494 e. The van der Waals surface area contributed by atoms with Crippen LogP contribution >= 0.6 is 24.8 Å². The monoisotopic (exact) mass is 936 g/mol. The topological polar surface area (TPSA) is 222 Å². The third-order valence-corrected chi connectivity index (χ3v) is 11.9. The van der Waals surface area contributed by atoms with Gasteiger partial charge >= 0.3 is 18.0 Å². The van der Waals surface area contributed by atoms with Gasteiger partial charge in [0.05, 0.1) is 33.5 Å². The predicted octanol–water partition coefficient (Wildman–Crippen LogP) is 5.84. The highest BCUT2D eigenvalue weighted by Crippen LogP contribution is 2.28. The summed E-state index contributed by atoms with van der Waals surface area (Å²) < 4.78 is 21.5. The number of nitrogens with two attached hydrogens (primary N) is 2. The number of esters is 2. The second-order valence-corrected chi connectivity index (χ2v) is 16.7. The number of fused-ring (bicyclic) bond motifs is 2. The Balaban J connectivity index is 0.000000428. The number of benzene rings is 2. The predicted molar refractivity (Wildman–Crippen MR) is 252 cm³/mol. The summed E-state index contributed by atoms with van der Waals surface area (Å²) in [6, 6.07) is 11.9. The second kappa shape index (κ2) is 31.5. The quantitative estimate of drug-likeness (QED) is 0.0975. The number of carbonyl (C=O) groups is 5. The molecule has 1 heterocycles. The molecule has 0 radical (unpaired) electrons. The summed E-state index contributed by atoms with van der Waals surface area (Å²) in [6.45, 7) is 2.43. The lowest BCUT2D eigenvalue weighted by atomic mass is 9.83. The molecule has 64 heavy (non-hydrogen) atoms. The largest absolute Gasteiger partial charge is 0.494 e. The van der Waals surface area contributed by atoms with E-state index in [1.807, 2.05) is 48.5 Å². The number of amides is 4. The molecular formula is C47H74Cl2N6O9. The first kappa shape index (κ1) is 55.8. The van der Waals surface area contributed by atoms with Crippen molar-refractivity contribution in [2.45, 2.75) is 140 Å². The Labute approximate surface area is 392 Å². The molecular weight excluding hydrogens is 863 g/mol. The van der Waals surface area contributed by atoms with Crippen LogP contribution in [0.2, 0.25) is 0 Å². The highest BCUT2D eigenvalue weighted by Gasteiger charge is 2.34. The van der Waals surface area contributed by atoms with Crippen molar-refractivity contribution in [2.75, 3.05) is 40.5 Å². The highest BCUT2D eigenvalue weighted by molar-refractivity contribution is 5.91. The van der Waals surface area contributed by atoms with Crippen LogP contribution in [0.4, 0.5) is 4.79 Å². The second-order valence-electron chi connectivity index (χ2n) is 16.7. The fourth-order valence-electron chi connectivity index (χ4n) is 8.37. The molecule has 17 heteroatoms. The Bertz CT molecular complexity index is 1700. The van der Waals surface area contributed by atoms with E-state index in [1.165, 1.54) is 20.6 Å². The summed E-state index contributed by atoms with van der Waals surface area (Å²) in [5, 5.41) is 11.4. The van der Waals surface area contributed by atoms with Crippen LogP contribution in [0.5, 0.6) is 11.5 Å². The summed E-state index contributed by atoms with van der Waals surface area (Å²) in [4.78, 5) is 63.2. The van der Waals surface area contributed by atoms with Gasteiger partial charge in [0.15, 0.2) is 0 Å². The lowest BCUT2D eigenvalue weighted by Gasteiger charge is -2.31. The molecule has 8 N–H and O–H groups in total. The van der Waals surface area contributed by atoms with Gasteiger partial charge in [0.2, 0.25) is 11.8 Å². The van der Waals surface area contributed by atoms with Gasteiger partial charge < -0.3 is 51.7 Å². The smallest absolute Gasteiger partial charge is 0.328 e. The van der Waals surface area contributed by atoms with E-state index >= 15 is 0 Å². The number of ether oxygens (including phenoxy) is 4. The molecule has 2 aromatic rings. The van der Waals surface area contributed by atoms with Crippen molar-refractivity contribution >= 4 is 54.6 Å². The lowest BCUT2D eigenvalue weighted by molar-refractivity contribution is -0.145. The van der Waals surface area contributed by atoms with Crippen molar-refractivity contribution in [3.63, 3.8) is 0 Å². The number of halogens is 2. The van der Waals surface area contributed by atoms with Crippen LogP contribution in [0, 0.1) is 11.8 Å². The summed E-state index contributed by atoms with van der Waals surface area (Å²) in [5.41, 5.74) is 13.4. The van der Waals surface area contributed by atoms with E-state index in [1.54, 1.807) is 0 Å². The van der Waals surface area contributed by atoms with E-state index < -0.39 is 36.1 Å². The zero-order chi connectivity index (χ0) is 44.5. The van der Waals surface area contributed by atoms with Crippen LogP contribution in [-0.4, -0.2) is 94.5 Å². The third-order valence-electron chi connectivity index (χ3n) is 11.9. The third kappa shape index (κ3) is 19.8. The van der Waals surface area contributed by atoms with E-state index in [0.29, 0.717) is 32.7 Å². The van der Waals surface area contributed by atoms with Crippen LogP contribution in [-0.2, 0) is 41.5 Å². The van der Waals surface area contributed by atoms with Gasteiger partial charge in [-0.2, -0.15) is 0 Å². The van der Waals surface area contributed by atoms with Gasteiger partial charge in [0.25, 0.3) is 0 Å². The van der Waals surface area contributed by atoms with Gasteiger partial charge in [0.1, 0.15) is 29.6 Å². The Morgan fingerprint density at radius 2 is 1.53 bits per heavy atom. The molecule has 2 fully saturated rings. The molecule has 15 nitrogen and oxygen atoms in total. The number of hydrogen-bond acceptors (Lipinski definition) is 11. The standard InChI is InChI=1S/C24H35N3O5.C23H37N3O4.2ClH/c1-31-23(29)20-16-17-9-8-12-19(15-17)32-14-7-3-6-13-25-24(30)27-21(22(28)26-20)18-10-4-2-5-11-18;1-29-23(28)20(26-22(27)21(25)18-10-4-2-5-11-18)16-17-9-8-12-19(15-17)30-14-7-3-6-13-24;;/h8-9,12,15,18,20-21H,2-7,10-11,13-14,16H2,1H3,(H,26,28)(H2,25,27,30);8-9,12,15,18,20-21H,2-7,10-11,13-14,16,24-25H2,1H3,(H,26,27);2*1H/t2*20-,21-;;/m00../s1. The van der Waals surface area contributed by atoms with Gasteiger partial charge in [-0.1, -0.05) is 62.8 Å². The van der Waals surface area contributed by atoms with Crippen molar-refractivity contribution < 1.29 is 42.9 Å². The molecule has 2 aliphatic carbocycles. The molecule has 2 aromatic carbocycles. The molecule has 0 saturated heterocycles. The van der Waals surface area contributed by atoms with Crippen LogP contribution in [0.25, 0.3) is 0 Å². The maximum atomic E-state index is 13.3. The molecule has 2 bridgehead atoms. The maximum Gasteiger partial charge on any atom is 0.328 e. The first-order chi connectivity index (χ1) is 30.1. The molecule has 0 unspecified atom stereocenters. The first-order valence-corrected chi connectivity index (χ1v) is 22.8. The molecule has 4 amide bonds. The van der Waals surface area contributed by atoms with Crippen LogP contribution < -0.4 is 42.2 Å². The van der Waals surface area contributed by atoms with Crippen molar-refractivity contribution in [1.82, 2.24) is 21.3 Å². The number of urea groups is 1. The van der Waals surface area contributed by atoms with Crippen LogP contribution in [0.1, 0.15) is 114 Å². The molecule has 0 aromatic heterocycles. The summed E-state index contributed by atoms with van der Waals surface area (Å²) >= 11 is 0. The fraction of sp³-hybridized carbons (Fsp3) is 0.638. The van der Waals surface area contributed by atoms with E-state index in [0.717, 1.165) is 119 Å². The average molecular weight is 938 g/mol. The Kier molecular flexibility index (Phi) is 27.5. The molecule has 4 atom stereocenters. The van der Waals surface area contributed by atoms with Crippen molar-refractivity contribution in [1.29, 1.82) is 0 Å². The average Bonchev–Trinajstić information content (AvgIpc) is 3.30. The highest BCUT2D eigenvalue weighted by atomic mass is 35.5. The molecule has 3 aliphatic rings. The minimum absolute atomic E-state index is 0. The van der Waals surface area contributed by atoms with Gasteiger partial charge in [-0.25, -0.2) is 14.4 Å². The Morgan fingerprint density at radius 3 is 2.23 bits per heavy atom. The molecule has 360 valence electrons. The zero-order valence-corrected chi connectivity index (χ0v) is 39.4. The first-order valence-electron chi connectivity index (χ1n) is 22.8. The normalized spacial score (nSPS) is 19.8. The fourth-order valence-corrected chi connectivity index (χ4v) is 8.37. The van der Waals surface area contributed by atoms with Gasteiger partial charge in [-0.3, -0.25) is 9.59 Å². The van der Waals surface area contributed by atoms with Gasteiger partial charge in [-0.15, -0.1) is 24.8 Å². The summed E-state index contributed by atoms with van der Waals surface area (Å²) in [5.74, 6) is 0.0658. The van der Waals surface area contributed by atoms with E-state index in [9.17, 15) is 24.0 Å². The number of carbonyl (C=O) groups excluding carboxylic acids is 5.